The van der Waals surface area contributed by atoms with Crippen LogP contribution in [0.5, 0.6) is 0 Å². The number of likely N-dealkylation sites (N-methyl/N-ethyl adjacent to an activating group) is 1. The largest absolute Gasteiger partial charge is 0.389 e. The smallest absolute Gasteiger partial charge is 0.264 e. The zero-order chi connectivity index (χ0) is 54.5. The van der Waals surface area contributed by atoms with Crippen molar-refractivity contribution < 1.29 is 48.3 Å². The monoisotopic (exact) mass is 1030 g/mol. The first-order chi connectivity index (χ1) is 34.8. The highest BCUT2D eigenvalue weighted by atomic mass is 16.3. The number of aromatic nitrogens is 2. The number of aliphatic imine (C=N–C) groups is 1. The van der Waals surface area contributed by atoms with Gasteiger partial charge >= 0.3 is 0 Å². The maximum Gasteiger partial charge on any atom is 0.264 e. The molecule has 29 heteroatoms. The van der Waals surface area contributed by atoms with Gasteiger partial charge in [-0.2, -0.15) is 0 Å². The van der Waals surface area contributed by atoms with Gasteiger partial charge in [0.2, 0.25) is 47.3 Å². The van der Waals surface area contributed by atoms with E-state index in [-0.39, 0.29) is 69.8 Å². The first kappa shape index (κ1) is 62.3. The lowest BCUT2D eigenvalue weighted by Gasteiger charge is -2.30. The third kappa shape index (κ3) is 22.3. The van der Waals surface area contributed by atoms with Crippen LogP contribution in [0, 0.1) is 0 Å². The van der Waals surface area contributed by atoms with E-state index in [0.717, 1.165) is 0 Å². The second-order valence-corrected chi connectivity index (χ2v) is 17.4. The van der Waals surface area contributed by atoms with Crippen molar-refractivity contribution in [2.24, 2.45) is 45.1 Å². The quantitative estimate of drug-likeness (QED) is 0.0130. The van der Waals surface area contributed by atoms with E-state index in [1.807, 2.05) is 0 Å². The molecule has 0 unspecified atom stereocenters. The molecule has 1 aliphatic rings. The maximum atomic E-state index is 14.2. The zero-order valence-electron chi connectivity index (χ0n) is 41.8. The van der Waals surface area contributed by atoms with Gasteiger partial charge in [0.05, 0.1) is 25.0 Å². The molecule has 1 fully saturated rings. The van der Waals surface area contributed by atoms with Gasteiger partial charge in [0, 0.05) is 37.9 Å². The molecule has 24 N–H and O–H groups in total. The SMILES string of the molecule is CN[C@@H](CCCCN)C(=O)N[C@H](C(=O)N[C@@H](C)C(=O)NCC(=O)N[C@H](CCCN)C(=O)N1CCC[C@H]1C(=O)N[C@@H](Cc1cnc[nH]1)C(=O)N[C@@H](CCCCN)C(=O)N/C(=C\CCN=C(N)N)C(N)=O)[C@@H](O)CN. The molecule has 73 heavy (non-hydrogen) atoms. The number of hydrogen-bond acceptors (Lipinski definition) is 17. The predicted octanol–water partition coefficient (Wildman–Crippen LogP) is -7.44. The maximum absolute atomic E-state index is 14.2. The van der Waals surface area contributed by atoms with Crippen molar-refractivity contribution >= 4 is 59.1 Å². The lowest BCUT2D eigenvalue weighted by molar-refractivity contribution is -0.142. The molecule has 2 heterocycles. The van der Waals surface area contributed by atoms with Gasteiger partial charge in [0.1, 0.15) is 41.9 Å². The summed E-state index contributed by atoms with van der Waals surface area (Å²) in [6, 6.07) is -8.31. The molecule has 9 amide bonds. The Kier molecular flexibility index (Phi) is 28.8. The van der Waals surface area contributed by atoms with Crippen LogP contribution in [0.15, 0.2) is 29.3 Å². The Morgan fingerprint density at radius 1 is 0.795 bits per heavy atom. The van der Waals surface area contributed by atoms with Gasteiger partial charge in [-0.1, -0.05) is 12.5 Å². The molecular weight excluding hydrogens is 955 g/mol. The summed E-state index contributed by atoms with van der Waals surface area (Å²) in [6.07, 6.45) is 6.30. The highest BCUT2D eigenvalue weighted by molar-refractivity contribution is 6.00. The van der Waals surface area contributed by atoms with Crippen molar-refractivity contribution in [1.29, 1.82) is 0 Å². The number of carbonyl (C=O) groups excluding carboxylic acids is 9. The zero-order valence-corrected chi connectivity index (χ0v) is 41.8. The van der Waals surface area contributed by atoms with Gasteiger partial charge in [-0.25, -0.2) is 4.98 Å². The predicted molar refractivity (Wildman–Crippen MR) is 268 cm³/mol. The number of aromatic amines is 1. The first-order valence-corrected chi connectivity index (χ1v) is 24.4. The number of imidazole rings is 1. The number of likely N-dealkylation sites (tertiary alicyclic amines) is 1. The van der Waals surface area contributed by atoms with Gasteiger partial charge in [-0.15, -0.1) is 0 Å². The van der Waals surface area contributed by atoms with Gasteiger partial charge in [0.15, 0.2) is 5.96 Å². The molecule has 0 aromatic carbocycles. The third-order valence-corrected chi connectivity index (χ3v) is 11.6. The van der Waals surface area contributed by atoms with E-state index < -0.39 is 115 Å². The van der Waals surface area contributed by atoms with Crippen LogP contribution in [0.25, 0.3) is 0 Å². The molecule has 29 nitrogen and oxygen atoms in total. The molecule has 1 aliphatic heterocycles. The van der Waals surface area contributed by atoms with Gasteiger partial charge in [0.25, 0.3) is 5.91 Å². The van der Waals surface area contributed by atoms with Crippen molar-refractivity contribution in [3.05, 3.63) is 30.0 Å². The van der Waals surface area contributed by atoms with E-state index >= 15 is 0 Å². The summed E-state index contributed by atoms with van der Waals surface area (Å²) in [6.45, 7) is 1.39. The van der Waals surface area contributed by atoms with Crippen LogP contribution in [0.3, 0.4) is 0 Å². The number of hydrogen-bond donors (Lipinski definition) is 17. The van der Waals surface area contributed by atoms with E-state index in [4.69, 9.17) is 40.1 Å². The van der Waals surface area contributed by atoms with Crippen LogP contribution in [0.4, 0.5) is 0 Å². The highest BCUT2D eigenvalue weighted by Crippen LogP contribution is 2.20. The Hall–Kier alpha value is -6.79. The molecule has 1 aromatic heterocycles. The minimum Gasteiger partial charge on any atom is -0.389 e. The summed E-state index contributed by atoms with van der Waals surface area (Å²) in [7, 11) is 1.57. The second kappa shape index (κ2) is 33.8. The molecule has 8 atom stereocenters. The van der Waals surface area contributed by atoms with Crippen LogP contribution >= 0.6 is 0 Å². The standard InChI is InChI=1S/C44H79N19O10/c1-25(57-42(72)35(33(64)21-48)62-38(68)28(52-2)10-3-5-15-45)37(67)55-23-34(65)58-30(12-7-17-47)43(73)63-19-9-14-32(63)41(71)61-31(20-26-22-53-24-56-26)40(70)60-29(11-4-6-16-46)39(69)59-27(36(49)66)13-8-18-54-44(50)51/h13,22,24-25,28-33,35,52,64H,3-12,14-21,23,45-48H2,1-2H3,(H2,49,66)(H,53,56)(H,55,67)(H,57,72)(H,58,65)(H,59,69)(H,60,70)(H,61,71)(H,62,68)(H4,50,51,54)/b27-13-/t25-,28-,29-,30+,31-,32-,33-,35-/m0/s1. The number of nitrogens with zero attached hydrogens (tertiary/aromatic N) is 3. The van der Waals surface area contributed by atoms with Crippen LogP contribution < -0.4 is 82.7 Å². The molecule has 0 spiro atoms. The summed E-state index contributed by atoms with van der Waals surface area (Å²) in [5, 5.41) is 31.1. The number of H-pyrrole nitrogens is 1. The van der Waals surface area contributed by atoms with Crippen molar-refractivity contribution in [2.45, 2.75) is 132 Å². The van der Waals surface area contributed by atoms with Gasteiger partial charge < -0.3 is 97.7 Å². The lowest BCUT2D eigenvalue weighted by atomic mass is 10.1. The Morgan fingerprint density at radius 3 is 2.03 bits per heavy atom. The molecule has 2 rings (SSSR count). The first-order valence-electron chi connectivity index (χ1n) is 24.4. The summed E-state index contributed by atoms with van der Waals surface area (Å²) < 4.78 is 0. The minimum atomic E-state index is -1.52. The Balaban J connectivity index is 2.20. The summed E-state index contributed by atoms with van der Waals surface area (Å²) in [5.74, 6) is -7.09. The average molecular weight is 1030 g/mol. The van der Waals surface area contributed by atoms with Crippen molar-refractivity contribution in [2.75, 3.05) is 52.9 Å². The number of carbonyl (C=O) groups is 9. The average Bonchev–Trinajstić information content (AvgIpc) is 4.08. The van der Waals surface area contributed by atoms with E-state index in [0.29, 0.717) is 57.3 Å². The number of nitrogens with one attached hydrogen (secondary N) is 9. The van der Waals surface area contributed by atoms with Crippen LogP contribution in [-0.2, 0) is 49.6 Å². The third-order valence-electron chi connectivity index (χ3n) is 11.6. The lowest BCUT2D eigenvalue weighted by Crippen LogP contribution is -2.60. The van der Waals surface area contributed by atoms with E-state index in [2.05, 4.69) is 57.5 Å². The van der Waals surface area contributed by atoms with Gasteiger partial charge in [-0.05, 0) is 97.8 Å². The Bertz CT molecular complexity index is 2020. The molecule has 0 bridgehead atoms. The molecule has 0 saturated carbocycles. The Labute approximate surface area is 424 Å². The number of unbranched alkanes of at least 4 members (excludes halogenated alkanes) is 2. The van der Waals surface area contributed by atoms with Crippen molar-refractivity contribution in [3.8, 4) is 0 Å². The molecule has 410 valence electrons. The molecule has 0 aliphatic carbocycles. The highest BCUT2D eigenvalue weighted by Gasteiger charge is 2.40. The fourth-order valence-electron chi connectivity index (χ4n) is 7.61. The van der Waals surface area contributed by atoms with E-state index in [9.17, 15) is 48.3 Å². The van der Waals surface area contributed by atoms with Gasteiger partial charge in [-0.3, -0.25) is 48.1 Å². The normalized spacial score (nSPS) is 16.3. The second-order valence-electron chi connectivity index (χ2n) is 17.4. The summed E-state index contributed by atoms with van der Waals surface area (Å²) >= 11 is 0. The summed E-state index contributed by atoms with van der Waals surface area (Å²) in [4.78, 5) is 133. The number of amides is 9. The number of primary amides is 1. The number of aliphatic hydroxyl groups is 1. The van der Waals surface area contributed by atoms with Crippen molar-refractivity contribution in [3.63, 3.8) is 0 Å². The number of aliphatic hydroxyl groups excluding tert-OH is 1. The van der Waals surface area contributed by atoms with Crippen LogP contribution in [0.2, 0.25) is 0 Å². The molecule has 1 saturated heterocycles. The number of rotatable bonds is 35. The number of guanidine groups is 1. The molecule has 0 radical (unpaired) electrons. The topological polar surface area (TPSA) is 497 Å². The fraction of sp³-hybridized carbons (Fsp3) is 0.659. The minimum absolute atomic E-state index is 0.0612. The summed E-state index contributed by atoms with van der Waals surface area (Å²) in [5.41, 5.74) is 39.0. The number of nitrogens with two attached hydrogens (primary N) is 7. The fourth-order valence-corrected chi connectivity index (χ4v) is 7.61. The Morgan fingerprint density at radius 2 is 1.44 bits per heavy atom. The van der Waals surface area contributed by atoms with Crippen molar-refractivity contribution in [1.82, 2.24) is 57.4 Å². The van der Waals surface area contributed by atoms with E-state index in [1.54, 1.807) is 7.05 Å². The van der Waals surface area contributed by atoms with E-state index in [1.165, 1.54) is 30.4 Å². The van der Waals surface area contributed by atoms with Crippen LogP contribution in [0.1, 0.15) is 83.2 Å². The molecule has 1 aromatic rings. The molecular formula is C44H79N19O10. The van der Waals surface area contributed by atoms with Crippen LogP contribution in [-0.4, -0.2) is 180 Å².